The van der Waals surface area contributed by atoms with E-state index in [0.717, 1.165) is 30.1 Å². The summed E-state index contributed by atoms with van der Waals surface area (Å²) in [4.78, 5) is 4.27. The van der Waals surface area contributed by atoms with Crippen LogP contribution in [-0.2, 0) is 6.42 Å². The topological polar surface area (TPSA) is 24.9 Å². The molecular formula is C17H21ClN2. The Morgan fingerprint density at radius 3 is 2.75 bits per heavy atom. The van der Waals surface area contributed by atoms with Gasteiger partial charge in [0.1, 0.15) is 0 Å². The van der Waals surface area contributed by atoms with Crippen LogP contribution in [0.4, 0.5) is 0 Å². The zero-order valence-corrected chi connectivity index (χ0v) is 12.8. The van der Waals surface area contributed by atoms with Crippen molar-refractivity contribution in [1.29, 1.82) is 0 Å². The molecule has 0 fully saturated rings. The first-order chi connectivity index (χ1) is 9.70. The third-order valence-electron chi connectivity index (χ3n) is 3.35. The van der Waals surface area contributed by atoms with Gasteiger partial charge in [0.05, 0.1) is 0 Å². The Labute approximate surface area is 126 Å². The first-order valence-corrected chi connectivity index (χ1v) is 7.48. The maximum absolute atomic E-state index is 6.28. The molecule has 0 amide bonds. The number of benzene rings is 1. The fraction of sp³-hybridized carbons (Fsp3) is 0.353. The molecule has 1 aromatic carbocycles. The zero-order chi connectivity index (χ0) is 14.4. The number of halogens is 1. The molecule has 1 atom stereocenters. The van der Waals surface area contributed by atoms with Crippen LogP contribution in [0.3, 0.4) is 0 Å². The minimum Gasteiger partial charge on any atom is -0.310 e. The molecule has 1 N–H and O–H groups in total. The van der Waals surface area contributed by atoms with Crippen LogP contribution in [0.25, 0.3) is 0 Å². The lowest BCUT2D eigenvalue weighted by Gasteiger charge is -2.20. The number of nitrogens with one attached hydrogen (secondary N) is 1. The highest BCUT2D eigenvalue weighted by Gasteiger charge is 2.13. The second-order valence-electron chi connectivity index (χ2n) is 5.03. The normalized spacial score (nSPS) is 12.3. The smallest absolute Gasteiger partial charge is 0.0438 e. The van der Waals surface area contributed by atoms with E-state index < -0.39 is 0 Å². The molecule has 0 aliphatic carbocycles. The fourth-order valence-corrected chi connectivity index (χ4v) is 2.51. The quantitative estimate of drug-likeness (QED) is 0.856. The van der Waals surface area contributed by atoms with Gasteiger partial charge in [0, 0.05) is 23.0 Å². The lowest BCUT2D eigenvalue weighted by atomic mass is 9.99. The SMILES string of the molecule is CCCNC(Cc1ccccc1Cl)c1ccnc(C)c1. The first kappa shape index (κ1) is 15.0. The third-order valence-corrected chi connectivity index (χ3v) is 3.71. The molecule has 0 saturated heterocycles. The highest BCUT2D eigenvalue weighted by molar-refractivity contribution is 6.31. The highest BCUT2D eigenvalue weighted by Crippen LogP contribution is 2.23. The summed E-state index contributed by atoms with van der Waals surface area (Å²) in [6.07, 6.45) is 3.88. The molecule has 0 radical (unpaired) electrons. The Bertz CT molecular complexity index is 554. The van der Waals surface area contributed by atoms with E-state index in [1.807, 2.05) is 31.3 Å². The second kappa shape index (κ2) is 7.41. The lowest BCUT2D eigenvalue weighted by molar-refractivity contribution is 0.528. The molecule has 0 spiro atoms. The second-order valence-corrected chi connectivity index (χ2v) is 5.44. The highest BCUT2D eigenvalue weighted by atomic mass is 35.5. The molecule has 20 heavy (non-hydrogen) atoms. The molecule has 3 heteroatoms. The van der Waals surface area contributed by atoms with Gasteiger partial charge in [0.2, 0.25) is 0 Å². The Morgan fingerprint density at radius 2 is 2.05 bits per heavy atom. The van der Waals surface area contributed by atoms with Crippen molar-refractivity contribution in [2.75, 3.05) is 6.54 Å². The number of aryl methyl sites for hydroxylation is 1. The van der Waals surface area contributed by atoms with E-state index in [0.29, 0.717) is 0 Å². The van der Waals surface area contributed by atoms with Gasteiger partial charge in [0.25, 0.3) is 0 Å². The number of pyridine rings is 1. The van der Waals surface area contributed by atoms with Crippen molar-refractivity contribution in [3.63, 3.8) is 0 Å². The van der Waals surface area contributed by atoms with Gasteiger partial charge < -0.3 is 5.32 Å². The van der Waals surface area contributed by atoms with Gasteiger partial charge in [-0.1, -0.05) is 36.7 Å². The summed E-state index contributed by atoms with van der Waals surface area (Å²) in [5.41, 5.74) is 3.49. The molecule has 1 heterocycles. The fourth-order valence-electron chi connectivity index (χ4n) is 2.29. The number of hydrogen-bond acceptors (Lipinski definition) is 2. The Kier molecular flexibility index (Phi) is 5.57. The van der Waals surface area contributed by atoms with Crippen molar-refractivity contribution in [3.05, 3.63) is 64.4 Å². The van der Waals surface area contributed by atoms with Crippen LogP contribution in [0, 0.1) is 6.92 Å². The van der Waals surface area contributed by atoms with Crippen LogP contribution in [-0.4, -0.2) is 11.5 Å². The van der Waals surface area contributed by atoms with E-state index in [9.17, 15) is 0 Å². The Hall–Kier alpha value is -1.38. The lowest BCUT2D eigenvalue weighted by Crippen LogP contribution is -2.24. The summed E-state index contributed by atoms with van der Waals surface area (Å²) in [5.74, 6) is 0. The molecular weight excluding hydrogens is 268 g/mol. The van der Waals surface area contributed by atoms with Crippen LogP contribution >= 0.6 is 11.6 Å². The van der Waals surface area contributed by atoms with Gasteiger partial charge in [-0.25, -0.2) is 0 Å². The molecule has 1 aromatic heterocycles. The minimum atomic E-state index is 0.275. The standard InChI is InChI=1S/C17H21ClN2/c1-3-9-20-17(15-8-10-19-13(2)11-15)12-14-6-4-5-7-16(14)18/h4-8,10-11,17,20H,3,9,12H2,1-2H3. The van der Waals surface area contributed by atoms with Crippen molar-refractivity contribution >= 4 is 11.6 Å². The van der Waals surface area contributed by atoms with Gasteiger partial charge in [-0.3, -0.25) is 4.98 Å². The van der Waals surface area contributed by atoms with Gasteiger partial charge in [-0.15, -0.1) is 0 Å². The molecule has 2 rings (SSSR count). The minimum absolute atomic E-state index is 0.275. The van der Waals surface area contributed by atoms with E-state index in [4.69, 9.17) is 11.6 Å². The zero-order valence-electron chi connectivity index (χ0n) is 12.1. The summed E-state index contributed by atoms with van der Waals surface area (Å²) in [7, 11) is 0. The predicted molar refractivity (Wildman–Crippen MR) is 85.2 cm³/mol. The molecule has 2 nitrogen and oxygen atoms in total. The monoisotopic (exact) mass is 288 g/mol. The first-order valence-electron chi connectivity index (χ1n) is 7.10. The number of nitrogens with zero attached hydrogens (tertiary/aromatic N) is 1. The van der Waals surface area contributed by atoms with Crippen molar-refractivity contribution in [3.8, 4) is 0 Å². The maximum Gasteiger partial charge on any atom is 0.0438 e. The third kappa shape index (κ3) is 4.06. The van der Waals surface area contributed by atoms with Crippen molar-refractivity contribution in [2.24, 2.45) is 0 Å². The van der Waals surface area contributed by atoms with E-state index in [-0.39, 0.29) is 6.04 Å². The molecule has 1 unspecified atom stereocenters. The van der Waals surface area contributed by atoms with Crippen molar-refractivity contribution in [1.82, 2.24) is 10.3 Å². The largest absolute Gasteiger partial charge is 0.310 e. The molecule has 0 saturated carbocycles. The summed E-state index contributed by atoms with van der Waals surface area (Å²) in [5, 5.41) is 4.44. The van der Waals surface area contributed by atoms with Gasteiger partial charge >= 0.3 is 0 Å². The average Bonchev–Trinajstić information content (AvgIpc) is 2.45. The summed E-state index contributed by atoms with van der Waals surface area (Å²) in [6, 6.07) is 12.5. The number of hydrogen-bond donors (Lipinski definition) is 1. The average molecular weight is 289 g/mol. The van der Waals surface area contributed by atoms with E-state index in [1.165, 1.54) is 11.1 Å². The summed E-state index contributed by atoms with van der Waals surface area (Å²) in [6.45, 7) is 5.20. The summed E-state index contributed by atoms with van der Waals surface area (Å²) >= 11 is 6.28. The molecule has 0 aliphatic heterocycles. The summed E-state index contributed by atoms with van der Waals surface area (Å²) < 4.78 is 0. The molecule has 0 bridgehead atoms. The van der Waals surface area contributed by atoms with Crippen molar-refractivity contribution < 1.29 is 0 Å². The van der Waals surface area contributed by atoms with Gasteiger partial charge in [-0.05, 0) is 55.6 Å². The Morgan fingerprint density at radius 1 is 1.25 bits per heavy atom. The Balaban J connectivity index is 2.21. The predicted octanol–water partition coefficient (Wildman–Crippen LogP) is 4.33. The number of rotatable bonds is 6. The van der Waals surface area contributed by atoms with Crippen LogP contribution < -0.4 is 5.32 Å². The number of aromatic nitrogens is 1. The van der Waals surface area contributed by atoms with Gasteiger partial charge in [-0.2, -0.15) is 0 Å². The van der Waals surface area contributed by atoms with Crippen LogP contribution in [0.5, 0.6) is 0 Å². The molecule has 0 aliphatic rings. The van der Waals surface area contributed by atoms with Crippen LogP contribution in [0.15, 0.2) is 42.6 Å². The van der Waals surface area contributed by atoms with Crippen molar-refractivity contribution in [2.45, 2.75) is 32.7 Å². The maximum atomic E-state index is 6.28. The van der Waals surface area contributed by atoms with E-state index in [1.54, 1.807) is 0 Å². The van der Waals surface area contributed by atoms with Crippen LogP contribution in [0.1, 0.15) is 36.2 Å². The van der Waals surface area contributed by atoms with E-state index in [2.05, 4.69) is 35.4 Å². The van der Waals surface area contributed by atoms with E-state index >= 15 is 0 Å². The molecule has 106 valence electrons. The molecule has 2 aromatic rings. The van der Waals surface area contributed by atoms with Crippen LogP contribution in [0.2, 0.25) is 5.02 Å². The van der Waals surface area contributed by atoms with Gasteiger partial charge in [0.15, 0.2) is 0 Å².